The van der Waals surface area contributed by atoms with E-state index in [1.54, 1.807) is 6.92 Å². The second-order valence-corrected chi connectivity index (χ2v) is 6.55. The first-order chi connectivity index (χ1) is 12.4. The molecule has 1 aliphatic rings. The Morgan fingerprint density at radius 1 is 1.08 bits per heavy atom. The van der Waals surface area contributed by atoms with Crippen molar-refractivity contribution in [3.8, 4) is 0 Å². The quantitative estimate of drug-likeness (QED) is 0.675. The number of benzene rings is 2. The van der Waals surface area contributed by atoms with E-state index < -0.39 is 4.92 Å². The minimum atomic E-state index is -0.450. The number of piperazine rings is 1. The van der Waals surface area contributed by atoms with E-state index in [1.165, 1.54) is 18.2 Å². The number of aryl methyl sites for hydroxylation is 1. The van der Waals surface area contributed by atoms with Gasteiger partial charge in [0, 0.05) is 54.7 Å². The molecule has 7 heteroatoms. The number of nitro benzene ring substituents is 1. The second kappa shape index (κ2) is 7.53. The van der Waals surface area contributed by atoms with Crippen LogP contribution in [0.5, 0.6) is 0 Å². The topological polar surface area (TPSA) is 78.7 Å². The number of hydrogen-bond acceptors (Lipinski definition) is 5. The lowest BCUT2D eigenvalue weighted by atomic mass is 10.1. The molecule has 0 atom stereocenters. The number of likely N-dealkylation sites (N-methyl/N-ethyl adjacent to an activating group) is 1. The maximum absolute atomic E-state index is 12.4. The molecule has 1 aliphatic heterocycles. The predicted molar refractivity (Wildman–Crippen MR) is 102 cm³/mol. The van der Waals surface area contributed by atoms with Gasteiger partial charge in [0.25, 0.3) is 11.6 Å². The number of carbonyl (C=O) groups is 1. The first-order valence-corrected chi connectivity index (χ1v) is 8.54. The van der Waals surface area contributed by atoms with Gasteiger partial charge in [0.05, 0.1) is 4.92 Å². The Labute approximate surface area is 152 Å². The highest BCUT2D eigenvalue weighted by atomic mass is 16.6. The number of anilines is 2. The standard InChI is InChI=1S/C19H22N4O3/c1-14-13-15(3-8-18(14)23(25)26)19(24)20-16-4-6-17(7-5-16)22-11-9-21(2)10-12-22/h3-8,13H,9-12H2,1-2H3,(H,20,24). The number of nitro groups is 1. The lowest BCUT2D eigenvalue weighted by Gasteiger charge is -2.34. The first-order valence-electron chi connectivity index (χ1n) is 8.54. The molecule has 0 radical (unpaired) electrons. The number of rotatable bonds is 4. The van der Waals surface area contributed by atoms with Crippen LogP contribution in [-0.2, 0) is 0 Å². The van der Waals surface area contributed by atoms with Gasteiger partial charge in [0.1, 0.15) is 0 Å². The fourth-order valence-corrected chi connectivity index (χ4v) is 3.03. The SMILES string of the molecule is Cc1cc(C(=O)Nc2ccc(N3CCN(C)CC3)cc2)ccc1[N+](=O)[O-]. The Bertz CT molecular complexity index is 812. The van der Waals surface area contributed by atoms with Gasteiger partial charge in [0.2, 0.25) is 0 Å². The fraction of sp³-hybridized carbons (Fsp3) is 0.316. The largest absolute Gasteiger partial charge is 0.369 e. The van der Waals surface area contributed by atoms with Crippen LogP contribution >= 0.6 is 0 Å². The first kappa shape index (κ1) is 17.9. The molecule has 7 nitrogen and oxygen atoms in total. The molecule has 0 aromatic heterocycles. The third kappa shape index (κ3) is 4.00. The summed E-state index contributed by atoms with van der Waals surface area (Å²) in [5.74, 6) is -0.282. The van der Waals surface area contributed by atoms with Crippen molar-refractivity contribution < 1.29 is 9.72 Å². The maximum Gasteiger partial charge on any atom is 0.272 e. The van der Waals surface area contributed by atoms with Gasteiger partial charge >= 0.3 is 0 Å². The second-order valence-electron chi connectivity index (χ2n) is 6.55. The summed E-state index contributed by atoms with van der Waals surface area (Å²) in [6.07, 6.45) is 0. The summed E-state index contributed by atoms with van der Waals surface area (Å²) >= 11 is 0. The van der Waals surface area contributed by atoms with Crippen molar-refractivity contribution in [2.45, 2.75) is 6.92 Å². The Kier molecular flexibility index (Phi) is 5.18. The lowest BCUT2D eigenvalue weighted by molar-refractivity contribution is -0.385. The predicted octanol–water partition coefficient (Wildman–Crippen LogP) is 2.91. The number of nitrogens with one attached hydrogen (secondary N) is 1. The van der Waals surface area contributed by atoms with E-state index in [-0.39, 0.29) is 11.6 Å². The highest BCUT2D eigenvalue weighted by Crippen LogP contribution is 2.22. The van der Waals surface area contributed by atoms with E-state index in [1.807, 2.05) is 24.3 Å². The molecular weight excluding hydrogens is 332 g/mol. The van der Waals surface area contributed by atoms with Gasteiger partial charge in [-0.15, -0.1) is 0 Å². The Hall–Kier alpha value is -2.93. The summed E-state index contributed by atoms with van der Waals surface area (Å²) in [7, 11) is 2.12. The van der Waals surface area contributed by atoms with Crippen LogP contribution in [0.1, 0.15) is 15.9 Å². The molecule has 0 aliphatic carbocycles. The van der Waals surface area contributed by atoms with E-state index in [0.29, 0.717) is 16.8 Å². The van der Waals surface area contributed by atoms with Gasteiger partial charge in [-0.05, 0) is 50.4 Å². The van der Waals surface area contributed by atoms with Gasteiger partial charge in [-0.3, -0.25) is 14.9 Å². The molecule has 0 saturated carbocycles. The van der Waals surface area contributed by atoms with Crippen LogP contribution in [0, 0.1) is 17.0 Å². The molecule has 1 heterocycles. The van der Waals surface area contributed by atoms with E-state index in [2.05, 4.69) is 22.2 Å². The van der Waals surface area contributed by atoms with E-state index >= 15 is 0 Å². The highest BCUT2D eigenvalue weighted by molar-refractivity contribution is 6.04. The maximum atomic E-state index is 12.4. The normalized spacial score (nSPS) is 14.9. The minimum absolute atomic E-state index is 0.0121. The molecule has 2 aromatic rings. The van der Waals surface area contributed by atoms with Crippen molar-refractivity contribution in [3.05, 3.63) is 63.7 Å². The summed E-state index contributed by atoms with van der Waals surface area (Å²) in [6, 6.07) is 12.1. The number of carbonyl (C=O) groups excluding carboxylic acids is 1. The van der Waals surface area contributed by atoms with Gasteiger partial charge in [-0.25, -0.2) is 0 Å². The zero-order valence-electron chi connectivity index (χ0n) is 14.9. The smallest absolute Gasteiger partial charge is 0.272 e. The summed E-state index contributed by atoms with van der Waals surface area (Å²) in [4.78, 5) is 27.4. The summed E-state index contributed by atoms with van der Waals surface area (Å²) in [5.41, 5.74) is 2.72. The number of nitrogens with zero attached hydrogens (tertiary/aromatic N) is 3. The Morgan fingerprint density at radius 2 is 1.73 bits per heavy atom. The van der Waals surface area contributed by atoms with Gasteiger partial charge in [-0.1, -0.05) is 0 Å². The van der Waals surface area contributed by atoms with E-state index in [9.17, 15) is 14.9 Å². The van der Waals surface area contributed by atoms with Crippen LogP contribution < -0.4 is 10.2 Å². The lowest BCUT2D eigenvalue weighted by Crippen LogP contribution is -2.44. The zero-order chi connectivity index (χ0) is 18.7. The van der Waals surface area contributed by atoms with Crippen LogP contribution in [0.4, 0.5) is 17.1 Å². The monoisotopic (exact) mass is 354 g/mol. The zero-order valence-corrected chi connectivity index (χ0v) is 14.9. The van der Waals surface area contributed by atoms with Crippen molar-refractivity contribution in [1.82, 2.24) is 4.90 Å². The van der Waals surface area contributed by atoms with Crippen molar-refractivity contribution in [3.63, 3.8) is 0 Å². The fourth-order valence-electron chi connectivity index (χ4n) is 3.03. The molecular formula is C19H22N4O3. The highest BCUT2D eigenvalue weighted by Gasteiger charge is 2.15. The van der Waals surface area contributed by atoms with Crippen LogP contribution in [0.2, 0.25) is 0 Å². The molecule has 26 heavy (non-hydrogen) atoms. The Morgan fingerprint density at radius 3 is 2.31 bits per heavy atom. The molecule has 2 aromatic carbocycles. The number of amides is 1. The molecule has 1 fully saturated rings. The van der Waals surface area contributed by atoms with Crippen LogP contribution in [0.15, 0.2) is 42.5 Å². The van der Waals surface area contributed by atoms with Crippen molar-refractivity contribution in [1.29, 1.82) is 0 Å². The molecule has 136 valence electrons. The van der Waals surface area contributed by atoms with Gasteiger partial charge in [-0.2, -0.15) is 0 Å². The van der Waals surface area contributed by atoms with E-state index in [0.717, 1.165) is 31.9 Å². The van der Waals surface area contributed by atoms with E-state index in [4.69, 9.17) is 0 Å². The van der Waals surface area contributed by atoms with Crippen LogP contribution in [0.3, 0.4) is 0 Å². The summed E-state index contributed by atoms with van der Waals surface area (Å²) in [6.45, 7) is 5.68. The molecule has 1 saturated heterocycles. The van der Waals surface area contributed by atoms with Crippen LogP contribution in [-0.4, -0.2) is 49.0 Å². The molecule has 3 rings (SSSR count). The third-order valence-corrected chi connectivity index (χ3v) is 4.65. The molecule has 0 spiro atoms. The Balaban J connectivity index is 1.66. The molecule has 1 N–H and O–H groups in total. The van der Waals surface area contributed by atoms with Gasteiger partial charge < -0.3 is 15.1 Å². The summed E-state index contributed by atoms with van der Waals surface area (Å²) in [5, 5.41) is 13.7. The van der Waals surface area contributed by atoms with Crippen molar-refractivity contribution >= 4 is 23.0 Å². The third-order valence-electron chi connectivity index (χ3n) is 4.65. The minimum Gasteiger partial charge on any atom is -0.369 e. The molecule has 1 amide bonds. The summed E-state index contributed by atoms with van der Waals surface area (Å²) < 4.78 is 0. The average molecular weight is 354 g/mol. The van der Waals surface area contributed by atoms with Crippen LogP contribution in [0.25, 0.3) is 0 Å². The van der Waals surface area contributed by atoms with Crippen molar-refractivity contribution in [2.75, 3.05) is 43.4 Å². The van der Waals surface area contributed by atoms with Crippen molar-refractivity contribution in [2.24, 2.45) is 0 Å². The number of hydrogen-bond donors (Lipinski definition) is 1. The average Bonchev–Trinajstić information content (AvgIpc) is 2.62. The van der Waals surface area contributed by atoms with Gasteiger partial charge in [0.15, 0.2) is 0 Å². The molecule has 0 unspecified atom stereocenters. The molecule has 0 bridgehead atoms.